The van der Waals surface area contributed by atoms with Crippen LogP contribution in [0, 0.1) is 5.13 Å². The van der Waals surface area contributed by atoms with Crippen molar-refractivity contribution in [1.29, 1.82) is 0 Å². The zero-order valence-corrected chi connectivity index (χ0v) is 18.2. The van der Waals surface area contributed by atoms with E-state index in [1.54, 1.807) is 6.07 Å². The van der Waals surface area contributed by atoms with Crippen molar-refractivity contribution in [2.45, 2.75) is 12.8 Å². The SMILES string of the molecule is Fc1cc2c3c(ccc2s1)-c1c-3ccc2sc(CCc3ccc4c(c3)OCCO4)cc12. The van der Waals surface area contributed by atoms with Gasteiger partial charge in [-0.3, -0.25) is 0 Å². The van der Waals surface area contributed by atoms with Crippen LogP contribution in [0.4, 0.5) is 4.39 Å². The summed E-state index contributed by atoms with van der Waals surface area (Å²) in [5.41, 5.74) is 6.30. The fourth-order valence-electron chi connectivity index (χ4n) is 4.81. The quantitative estimate of drug-likeness (QED) is 0.282. The molecule has 3 heterocycles. The molecule has 5 heteroatoms. The van der Waals surface area contributed by atoms with E-state index >= 15 is 0 Å². The molecule has 0 N–H and O–H groups in total. The third-order valence-corrected chi connectivity index (χ3v) is 8.28. The molecule has 0 saturated heterocycles. The first-order valence-corrected chi connectivity index (χ1v) is 12.0. The Balaban J connectivity index is 1.21. The largest absolute Gasteiger partial charge is 0.486 e. The fourth-order valence-corrected chi connectivity index (χ4v) is 6.68. The summed E-state index contributed by atoms with van der Waals surface area (Å²) in [6, 6.07) is 18.9. The maximum absolute atomic E-state index is 13.8. The first-order valence-electron chi connectivity index (χ1n) is 10.4. The van der Waals surface area contributed by atoms with Crippen LogP contribution in [-0.2, 0) is 12.8 Å². The van der Waals surface area contributed by atoms with Gasteiger partial charge < -0.3 is 9.47 Å². The average Bonchev–Trinajstić information content (AvgIpc) is 3.35. The lowest BCUT2D eigenvalue weighted by atomic mass is 9.77. The molecule has 0 fully saturated rings. The van der Waals surface area contributed by atoms with Crippen LogP contribution in [0.25, 0.3) is 42.4 Å². The predicted octanol–water partition coefficient (Wildman–Crippen LogP) is 7.46. The molecule has 0 radical (unpaired) electrons. The number of halogens is 1. The highest BCUT2D eigenvalue weighted by Gasteiger charge is 2.28. The summed E-state index contributed by atoms with van der Waals surface area (Å²) >= 11 is 3.09. The summed E-state index contributed by atoms with van der Waals surface area (Å²) in [7, 11) is 0. The van der Waals surface area contributed by atoms with Crippen molar-refractivity contribution >= 4 is 42.8 Å². The molecular weight excluding hydrogens is 427 g/mol. The monoisotopic (exact) mass is 444 g/mol. The van der Waals surface area contributed by atoms with Gasteiger partial charge in [-0.25, -0.2) is 0 Å². The minimum Gasteiger partial charge on any atom is -0.486 e. The molecule has 2 nitrogen and oxygen atoms in total. The van der Waals surface area contributed by atoms with Crippen LogP contribution in [-0.4, -0.2) is 13.2 Å². The van der Waals surface area contributed by atoms with Crippen LogP contribution >= 0.6 is 22.7 Å². The lowest BCUT2D eigenvalue weighted by molar-refractivity contribution is 0.171. The van der Waals surface area contributed by atoms with E-state index in [0.717, 1.165) is 34.4 Å². The maximum atomic E-state index is 13.8. The van der Waals surface area contributed by atoms with Gasteiger partial charge in [0.05, 0.1) is 0 Å². The molecule has 0 atom stereocenters. The number of fused-ring (bicyclic) bond motifs is 9. The second-order valence-corrected chi connectivity index (χ2v) is 10.2. The van der Waals surface area contributed by atoms with E-state index < -0.39 is 0 Å². The highest BCUT2D eigenvalue weighted by atomic mass is 32.1. The molecule has 3 aromatic carbocycles. The van der Waals surface area contributed by atoms with Gasteiger partial charge in [0.15, 0.2) is 16.6 Å². The smallest absolute Gasteiger partial charge is 0.177 e. The number of ether oxygens (including phenoxy) is 2. The Morgan fingerprint density at radius 2 is 1.42 bits per heavy atom. The molecule has 5 aromatic rings. The Labute approximate surface area is 186 Å². The number of benzene rings is 3. The molecule has 7 rings (SSSR count). The molecule has 152 valence electrons. The third-order valence-electron chi connectivity index (χ3n) is 6.23. The number of hydrogen-bond acceptors (Lipinski definition) is 4. The highest BCUT2D eigenvalue weighted by molar-refractivity contribution is 7.19. The van der Waals surface area contributed by atoms with Gasteiger partial charge in [0, 0.05) is 25.0 Å². The van der Waals surface area contributed by atoms with Crippen molar-refractivity contribution in [2.24, 2.45) is 0 Å². The summed E-state index contributed by atoms with van der Waals surface area (Å²) in [6.45, 7) is 1.23. The third kappa shape index (κ3) is 2.66. The van der Waals surface area contributed by atoms with Gasteiger partial charge in [-0.1, -0.05) is 18.2 Å². The molecule has 2 aromatic heterocycles. The first kappa shape index (κ1) is 17.8. The van der Waals surface area contributed by atoms with Crippen molar-refractivity contribution in [3.63, 3.8) is 0 Å². The van der Waals surface area contributed by atoms with Gasteiger partial charge in [0.2, 0.25) is 0 Å². The van der Waals surface area contributed by atoms with Crippen LogP contribution in [0.1, 0.15) is 10.4 Å². The summed E-state index contributed by atoms with van der Waals surface area (Å²) < 4.78 is 27.5. The number of thiophene rings is 2. The second-order valence-electron chi connectivity index (χ2n) is 8.04. The number of hydrogen-bond donors (Lipinski definition) is 0. The Hall–Kier alpha value is -2.89. The predicted molar refractivity (Wildman–Crippen MR) is 126 cm³/mol. The summed E-state index contributed by atoms with van der Waals surface area (Å²) in [6.07, 6.45) is 1.96. The van der Waals surface area contributed by atoms with E-state index in [9.17, 15) is 4.39 Å². The standard InChI is InChI=1S/C26H17FO2S2/c27-24-13-19-23(31-24)8-5-17-25-16(26(17)19)4-7-22-18(25)12-15(30-22)3-1-14-2-6-20-21(11-14)29-10-9-28-20/h2,4-8,11-13H,1,3,9-10H2. The van der Waals surface area contributed by atoms with Crippen LogP contribution in [0.2, 0.25) is 0 Å². The molecular formula is C26H17FO2S2. The minimum atomic E-state index is -0.116. The van der Waals surface area contributed by atoms with Crippen LogP contribution in [0.15, 0.2) is 54.6 Å². The zero-order chi connectivity index (χ0) is 20.5. The second kappa shape index (κ2) is 6.55. The molecule has 1 aliphatic heterocycles. The molecule has 0 saturated carbocycles. The molecule has 0 unspecified atom stereocenters. The Morgan fingerprint density at radius 1 is 0.710 bits per heavy atom. The summed E-state index contributed by atoms with van der Waals surface area (Å²) in [4.78, 5) is 1.38. The lowest BCUT2D eigenvalue weighted by Crippen LogP contribution is -2.15. The lowest BCUT2D eigenvalue weighted by Gasteiger charge is -2.25. The van der Waals surface area contributed by atoms with Crippen molar-refractivity contribution in [3.8, 4) is 33.8 Å². The summed E-state index contributed by atoms with van der Waals surface area (Å²) in [5, 5.41) is 2.25. The summed E-state index contributed by atoms with van der Waals surface area (Å²) in [5.74, 6) is 1.70. The topological polar surface area (TPSA) is 18.5 Å². The Morgan fingerprint density at radius 3 is 2.23 bits per heavy atom. The zero-order valence-electron chi connectivity index (χ0n) is 16.5. The van der Waals surface area contributed by atoms with Gasteiger partial charge in [-0.2, -0.15) is 4.39 Å². The number of aryl methyl sites for hydroxylation is 2. The fraction of sp³-hybridized carbons (Fsp3) is 0.154. The van der Waals surface area contributed by atoms with Gasteiger partial charge in [-0.05, 0) is 77.1 Å². The van der Waals surface area contributed by atoms with E-state index in [-0.39, 0.29) is 5.13 Å². The Kier molecular flexibility index (Phi) is 3.75. The molecule has 1 aliphatic carbocycles. The van der Waals surface area contributed by atoms with E-state index in [2.05, 4.69) is 42.5 Å². The molecule has 0 bridgehead atoms. The normalized spacial score (nSPS) is 13.8. The average molecular weight is 445 g/mol. The minimum absolute atomic E-state index is 0.116. The van der Waals surface area contributed by atoms with E-state index in [1.807, 2.05) is 17.4 Å². The first-order chi connectivity index (χ1) is 15.2. The van der Waals surface area contributed by atoms with E-state index in [1.165, 1.54) is 54.1 Å². The van der Waals surface area contributed by atoms with E-state index in [4.69, 9.17) is 9.47 Å². The van der Waals surface area contributed by atoms with Crippen molar-refractivity contribution in [3.05, 3.63) is 70.2 Å². The van der Waals surface area contributed by atoms with Crippen molar-refractivity contribution in [2.75, 3.05) is 13.2 Å². The van der Waals surface area contributed by atoms with Crippen LogP contribution < -0.4 is 9.47 Å². The van der Waals surface area contributed by atoms with Gasteiger partial charge in [-0.15, -0.1) is 22.7 Å². The molecule has 31 heavy (non-hydrogen) atoms. The Bertz CT molecular complexity index is 1510. The van der Waals surface area contributed by atoms with Gasteiger partial charge in [0.25, 0.3) is 0 Å². The molecule has 2 aliphatic rings. The van der Waals surface area contributed by atoms with Gasteiger partial charge in [0.1, 0.15) is 13.2 Å². The number of rotatable bonds is 3. The highest BCUT2D eigenvalue weighted by Crippen LogP contribution is 2.55. The van der Waals surface area contributed by atoms with Crippen LogP contribution in [0.5, 0.6) is 11.5 Å². The van der Waals surface area contributed by atoms with E-state index in [0.29, 0.717) is 13.2 Å². The molecule has 0 amide bonds. The van der Waals surface area contributed by atoms with Crippen LogP contribution in [0.3, 0.4) is 0 Å². The maximum Gasteiger partial charge on any atom is 0.177 e. The van der Waals surface area contributed by atoms with Crippen molar-refractivity contribution in [1.82, 2.24) is 0 Å². The molecule has 0 spiro atoms. The van der Waals surface area contributed by atoms with Gasteiger partial charge >= 0.3 is 0 Å². The van der Waals surface area contributed by atoms with Crippen molar-refractivity contribution < 1.29 is 13.9 Å².